The van der Waals surface area contributed by atoms with Gasteiger partial charge in [-0.15, -0.1) is 0 Å². The minimum Gasteiger partial charge on any atom is -0.378 e. The number of hydrogen-bond donors (Lipinski definition) is 3. The Morgan fingerprint density at radius 2 is 1.91 bits per heavy atom. The molecule has 1 aromatic carbocycles. The van der Waals surface area contributed by atoms with Crippen LogP contribution in [-0.4, -0.2) is 48.1 Å². The molecule has 0 unspecified atom stereocenters. The Morgan fingerprint density at radius 1 is 1.17 bits per heavy atom. The molecule has 2 amide bonds. The van der Waals surface area contributed by atoms with Crippen molar-refractivity contribution in [3.63, 3.8) is 0 Å². The van der Waals surface area contributed by atoms with Gasteiger partial charge in [-0.25, -0.2) is 9.37 Å². The highest BCUT2D eigenvalue weighted by molar-refractivity contribution is 5.95. The zero-order valence-electron chi connectivity index (χ0n) is 20.0. The average molecular weight is 486 g/mol. The monoisotopic (exact) mass is 485 g/mol. The van der Waals surface area contributed by atoms with Crippen LogP contribution in [0.25, 0.3) is 0 Å². The van der Waals surface area contributed by atoms with Gasteiger partial charge in [0.2, 0.25) is 17.8 Å². The molecule has 0 radical (unpaired) electrons. The number of rotatable bonds is 7. The normalized spacial score (nSPS) is 16.7. The third-order valence-electron chi connectivity index (χ3n) is 6.61. The molecule has 4 rings (SSSR count). The van der Waals surface area contributed by atoms with Crippen molar-refractivity contribution >= 4 is 29.1 Å². The van der Waals surface area contributed by atoms with Gasteiger partial charge >= 0.3 is 0 Å². The largest absolute Gasteiger partial charge is 0.378 e. The number of amides is 2. The van der Waals surface area contributed by atoms with Gasteiger partial charge in [0, 0.05) is 42.4 Å². The Hall–Kier alpha value is -3.27. The molecule has 0 bridgehead atoms. The number of nitrogens with zero attached hydrogens (tertiary/aromatic N) is 2. The highest BCUT2D eigenvalue weighted by Crippen LogP contribution is 2.26. The van der Waals surface area contributed by atoms with Crippen LogP contribution in [0.15, 0.2) is 23.0 Å². The van der Waals surface area contributed by atoms with Crippen molar-refractivity contribution in [1.82, 2.24) is 9.97 Å². The predicted molar refractivity (Wildman–Crippen MR) is 131 cm³/mol. The second-order valence-corrected chi connectivity index (χ2v) is 9.12. The fourth-order valence-corrected chi connectivity index (χ4v) is 4.58. The molecule has 0 spiro atoms. The van der Waals surface area contributed by atoms with E-state index in [1.165, 1.54) is 18.2 Å². The summed E-state index contributed by atoms with van der Waals surface area (Å²) in [5, 5.41) is 5.39. The molecule has 2 aliphatic rings. The number of H-pyrrole nitrogens is 1. The minimum atomic E-state index is -0.555. The third-order valence-corrected chi connectivity index (χ3v) is 6.61. The fraction of sp³-hybridized carbons (Fsp3) is 0.520. The summed E-state index contributed by atoms with van der Waals surface area (Å²) >= 11 is 0. The van der Waals surface area contributed by atoms with Crippen LogP contribution in [0.4, 0.5) is 21.7 Å². The number of hydrogen-bond acceptors (Lipinski definition) is 6. The van der Waals surface area contributed by atoms with Crippen molar-refractivity contribution < 1.29 is 18.7 Å². The summed E-state index contributed by atoms with van der Waals surface area (Å²) in [5.41, 5.74) is 1.20. The van der Waals surface area contributed by atoms with E-state index >= 15 is 0 Å². The number of ether oxygens (including phenoxy) is 1. The zero-order chi connectivity index (χ0) is 24.8. The molecule has 1 saturated heterocycles. The number of benzene rings is 1. The number of carbonyl (C=O) groups excluding carboxylic acids is 2. The van der Waals surface area contributed by atoms with Crippen LogP contribution in [0.5, 0.6) is 0 Å². The van der Waals surface area contributed by atoms with Gasteiger partial charge < -0.3 is 20.3 Å². The van der Waals surface area contributed by atoms with Crippen LogP contribution in [0.1, 0.15) is 49.8 Å². The van der Waals surface area contributed by atoms with Gasteiger partial charge in [-0.05, 0) is 44.4 Å². The van der Waals surface area contributed by atoms with E-state index in [2.05, 4.69) is 20.6 Å². The van der Waals surface area contributed by atoms with Crippen LogP contribution in [-0.2, 0) is 20.7 Å². The van der Waals surface area contributed by atoms with Crippen molar-refractivity contribution in [1.29, 1.82) is 0 Å². The molecule has 0 atom stereocenters. The molecule has 3 N–H and O–H groups in total. The molecule has 188 valence electrons. The van der Waals surface area contributed by atoms with Crippen molar-refractivity contribution in [3.05, 3.63) is 45.6 Å². The van der Waals surface area contributed by atoms with Gasteiger partial charge in [0.1, 0.15) is 5.82 Å². The van der Waals surface area contributed by atoms with E-state index in [0.29, 0.717) is 49.2 Å². The predicted octanol–water partition coefficient (Wildman–Crippen LogP) is 3.14. The average Bonchev–Trinajstić information content (AvgIpc) is 2.86. The Morgan fingerprint density at radius 3 is 2.63 bits per heavy atom. The van der Waals surface area contributed by atoms with Gasteiger partial charge in [0.05, 0.1) is 18.9 Å². The van der Waals surface area contributed by atoms with E-state index in [1.807, 2.05) is 4.90 Å². The second-order valence-electron chi connectivity index (χ2n) is 9.12. The van der Waals surface area contributed by atoms with Crippen LogP contribution < -0.4 is 21.1 Å². The van der Waals surface area contributed by atoms with Gasteiger partial charge in [-0.2, -0.15) is 0 Å². The molecule has 10 heteroatoms. The summed E-state index contributed by atoms with van der Waals surface area (Å²) in [4.78, 5) is 46.9. The summed E-state index contributed by atoms with van der Waals surface area (Å²) < 4.78 is 19.6. The van der Waals surface area contributed by atoms with E-state index in [4.69, 9.17) is 4.74 Å². The van der Waals surface area contributed by atoms with Crippen LogP contribution in [0.2, 0.25) is 0 Å². The van der Waals surface area contributed by atoms with Crippen LogP contribution >= 0.6 is 0 Å². The first-order valence-electron chi connectivity index (χ1n) is 12.2. The number of aryl methyl sites for hydroxylation is 1. The zero-order valence-corrected chi connectivity index (χ0v) is 20.0. The third kappa shape index (κ3) is 6.45. The Labute approximate surface area is 203 Å². The number of anilines is 3. The molecule has 35 heavy (non-hydrogen) atoms. The molecule has 1 saturated carbocycles. The number of morpholine rings is 1. The molecule has 1 aliphatic heterocycles. The molecular formula is C25H32FN5O4. The molecule has 1 aliphatic carbocycles. The molecule has 1 aromatic heterocycles. The fourth-order valence-electron chi connectivity index (χ4n) is 4.58. The van der Waals surface area contributed by atoms with Gasteiger partial charge in [0.25, 0.3) is 5.56 Å². The number of halogens is 1. The van der Waals surface area contributed by atoms with E-state index < -0.39 is 5.82 Å². The Balaban J connectivity index is 1.35. The second kappa shape index (κ2) is 11.4. The van der Waals surface area contributed by atoms with Crippen LogP contribution in [0, 0.1) is 18.7 Å². The lowest BCUT2D eigenvalue weighted by molar-refractivity contribution is -0.120. The molecule has 2 heterocycles. The van der Waals surface area contributed by atoms with E-state index in [-0.39, 0.29) is 41.8 Å². The standard InChI is InChI=1S/C25H32FN5O4/c1-16-19(24(34)30-25(27-16)31-11-13-35-14-12-31)8-10-22(32)28-18-7-9-20(26)21(15-18)29-23(33)17-5-3-2-4-6-17/h7,9,15,17H,2-6,8,10-14H2,1H3,(H,28,32)(H,29,33)(H,27,30,34). The Bertz CT molecular complexity index is 1120. The SMILES string of the molecule is Cc1nc(N2CCOCC2)[nH]c(=O)c1CCC(=O)Nc1ccc(F)c(NC(=O)C2CCCCC2)c1. The van der Waals surface area contributed by atoms with E-state index in [9.17, 15) is 18.8 Å². The van der Waals surface area contributed by atoms with E-state index in [0.717, 1.165) is 32.1 Å². The first-order chi connectivity index (χ1) is 16.9. The Kier molecular flexibility index (Phi) is 8.12. The summed E-state index contributed by atoms with van der Waals surface area (Å²) in [6.07, 6.45) is 5.03. The summed E-state index contributed by atoms with van der Waals surface area (Å²) in [5.74, 6) is -0.656. The topological polar surface area (TPSA) is 116 Å². The summed E-state index contributed by atoms with van der Waals surface area (Å²) in [6.45, 7) is 4.24. The number of carbonyl (C=O) groups is 2. The first-order valence-corrected chi connectivity index (χ1v) is 12.2. The summed E-state index contributed by atoms with van der Waals surface area (Å²) in [7, 11) is 0. The lowest BCUT2D eigenvalue weighted by Crippen LogP contribution is -2.38. The highest BCUT2D eigenvalue weighted by atomic mass is 19.1. The molecule has 2 aromatic rings. The number of aromatic nitrogens is 2. The van der Waals surface area contributed by atoms with Crippen molar-refractivity contribution in [2.75, 3.05) is 41.8 Å². The summed E-state index contributed by atoms with van der Waals surface area (Å²) in [6, 6.07) is 4.08. The quantitative estimate of drug-likeness (QED) is 0.555. The van der Waals surface area contributed by atoms with Crippen molar-refractivity contribution in [2.24, 2.45) is 5.92 Å². The molecular weight excluding hydrogens is 453 g/mol. The van der Waals surface area contributed by atoms with Gasteiger partial charge in [0.15, 0.2) is 0 Å². The van der Waals surface area contributed by atoms with Crippen molar-refractivity contribution in [2.45, 2.75) is 51.9 Å². The number of aromatic amines is 1. The maximum atomic E-state index is 14.3. The van der Waals surface area contributed by atoms with Crippen LogP contribution in [0.3, 0.4) is 0 Å². The number of nitrogens with one attached hydrogen (secondary N) is 3. The highest BCUT2D eigenvalue weighted by Gasteiger charge is 2.22. The first kappa shape index (κ1) is 24.8. The lowest BCUT2D eigenvalue weighted by atomic mass is 9.88. The van der Waals surface area contributed by atoms with Gasteiger partial charge in [-0.1, -0.05) is 19.3 Å². The van der Waals surface area contributed by atoms with Crippen molar-refractivity contribution in [3.8, 4) is 0 Å². The molecule has 9 nitrogen and oxygen atoms in total. The molecule has 2 fully saturated rings. The maximum Gasteiger partial charge on any atom is 0.255 e. The van der Waals surface area contributed by atoms with Gasteiger partial charge in [-0.3, -0.25) is 19.4 Å². The smallest absolute Gasteiger partial charge is 0.255 e. The lowest BCUT2D eigenvalue weighted by Gasteiger charge is -2.27. The van der Waals surface area contributed by atoms with E-state index in [1.54, 1.807) is 6.92 Å². The maximum absolute atomic E-state index is 14.3. The minimum absolute atomic E-state index is 0.0496.